The Morgan fingerprint density at radius 1 is 1.08 bits per heavy atom. The summed E-state index contributed by atoms with van der Waals surface area (Å²) in [6.07, 6.45) is 10.3. The molecule has 5 heteroatoms. The number of ether oxygens (including phenoxy) is 1. The third-order valence-electron chi connectivity index (χ3n) is 4.45. The van der Waals surface area contributed by atoms with E-state index in [1.54, 1.807) is 24.4 Å². The quantitative estimate of drug-likeness (QED) is 0.664. The highest BCUT2D eigenvalue weighted by atomic mass is 16.6. The highest BCUT2D eigenvalue weighted by Crippen LogP contribution is 2.24. The molecular formula is C20H22N2O3. The summed E-state index contributed by atoms with van der Waals surface area (Å²) in [5.41, 5.74) is 2.16. The van der Waals surface area contributed by atoms with Gasteiger partial charge in [-0.2, -0.15) is 0 Å². The molecule has 2 aromatic rings. The monoisotopic (exact) mass is 338 g/mol. The lowest BCUT2D eigenvalue weighted by Crippen LogP contribution is -2.36. The number of carbonyl (C=O) groups is 2. The third kappa shape index (κ3) is 4.89. The Bertz CT molecular complexity index is 737. The Labute approximate surface area is 147 Å². The summed E-state index contributed by atoms with van der Waals surface area (Å²) in [6, 6.07) is 9.18. The van der Waals surface area contributed by atoms with Gasteiger partial charge in [0.15, 0.2) is 6.29 Å². The highest BCUT2D eigenvalue weighted by Gasteiger charge is 2.16. The number of benzene rings is 1. The SMILES string of the molecule is O=Cc1cncc(-c2cccc(OC(=O)NC3CCCCCC3)c2)c1. The van der Waals surface area contributed by atoms with Crippen molar-refractivity contribution in [3.8, 4) is 16.9 Å². The van der Waals surface area contributed by atoms with Gasteiger partial charge in [0.2, 0.25) is 0 Å². The molecule has 0 atom stereocenters. The van der Waals surface area contributed by atoms with E-state index in [4.69, 9.17) is 4.74 Å². The van der Waals surface area contributed by atoms with Crippen molar-refractivity contribution in [2.75, 3.05) is 0 Å². The van der Waals surface area contributed by atoms with E-state index in [2.05, 4.69) is 10.3 Å². The van der Waals surface area contributed by atoms with Gasteiger partial charge in [-0.15, -0.1) is 0 Å². The fourth-order valence-electron chi connectivity index (χ4n) is 3.15. The molecule has 1 amide bonds. The summed E-state index contributed by atoms with van der Waals surface area (Å²) >= 11 is 0. The third-order valence-corrected chi connectivity index (χ3v) is 4.45. The Kier molecular flexibility index (Phi) is 5.77. The van der Waals surface area contributed by atoms with Crippen LogP contribution in [0.5, 0.6) is 5.75 Å². The van der Waals surface area contributed by atoms with Gasteiger partial charge in [0, 0.05) is 29.6 Å². The summed E-state index contributed by atoms with van der Waals surface area (Å²) in [6.45, 7) is 0. The molecular weight excluding hydrogens is 316 g/mol. The average molecular weight is 338 g/mol. The number of hydrogen-bond acceptors (Lipinski definition) is 4. The fourth-order valence-corrected chi connectivity index (χ4v) is 3.15. The lowest BCUT2D eigenvalue weighted by molar-refractivity contribution is 0.112. The second kappa shape index (κ2) is 8.42. The van der Waals surface area contributed by atoms with E-state index >= 15 is 0 Å². The van der Waals surface area contributed by atoms with Crippen LogP contribution in [0.4, 0.5) is 4.79 Å². The molecule has 1 saturated carbocycles. The van der Waals surface area contributed by atoms with Crippen molar-refractivity contribution in [2.24, 2.45) is 0 Å². The summed E-state index contributed by atoms with van der Waals surface area (Å²) in [7, 11) is 0. The van der Waals surface area contributed by atoms with E-state index in [1.165, 1.54) is 19.0 Å². The first-order valence-corrected chi connectivity index (χ1v) is 8.73. The smallest absolute Gasteiger partial charge is 0.410 e. The first-order chi connectivity index (χ1) is 12.2. The number of nitrogens with one attached hydrogen (secondary N) is 1. The average Bonchev–Trinajstić information content (AvgIpc) is 2.90. The number of rotatable bonds is 4. The molecule has 1 aliphatic rings. The standard InChI is InChI=1S/C20H22N2O3/c23-14-15-10-17(13-21-12-15)16-6-5-9-19(11-16)25-20(24)22-18-7-3-1-2-4-8-18/h5-6,9-14,18H,1-4,7-8H2,(H,22,24). The fraction of sp³-hybridized carbons (Fsp3) is 0.350. The number of nitrogens with zero attached hydrogens (tertiary/aromatic N) is 1. The van der Waals surface area contributed by atoms with Crippen molar-refractivity contribution >= 4 is 12.4 Å². The van der Waals surface area contributed by atoms with E-state index in [0.29, 0.717) is 11.3 Å². The summed E-state index contributed by atoms with van der Waals surface area (Å²) < 4.78 is 5.44. The van der Waals surface area contributed by atoms with E-state index in [1.807, 2.05) is 12.1 Å². The Balaban J connectivity index is 1.66. The number of aromatic nitrogens is 1. The lowest BCUT2D eigenvalue weighted by atomic mass is 10.1. The number of amides is 1. The van der Waals surface area contributed by atoms with Gasteiger partial charge in [0.1, 0.15) is 5.75 Å². The minimum Gasteiger partial charge on any atom is -0.410 e. The Morgan fingerprint density at radius 2 is 1.88 bits per heavy atom. The summed E-state index contributed by atoms with van der Waals surface area (Å²) in [4.78, 5) is 27.1. The van der Waals surface area contributed by atoms with Gasteiger partial charge < -0.3 is 10.1 Å². The van der Waals surface area contributed by atoms with Crippen LogP contribution in [-0.2, 0) is 0 Å². The van der Waals surface area contributed by atoms with E-state index in [9.17, 15) is 9.59 Å². The Hall–Kier alpha value is -2.69. The summed E-state index contributed by atoms with van der Waals surface area (Å²) in [5, 5.41) is 2.96. The van der Waals surface area contributed by atoms with Crippen LogP contribution in [0.1, 0.15) is 48.9 Å². The van der Waals surface area contributed by atoms with Crippen LogP contribution in [0.2, 0.25) is 0 Å². The predicted octanol–water partition coefficient (Wildman–Crippen LogP) is 4.37. The zero-order valence-corrected chi connectivity index (χ0v) is 14.1. The molecule has 1 heterocycles. The van der Waals surface area contributed by atoms with Gasteiger partial charge in [-0.1, -0.05) is 37.8 Å². The van der Waals surface area contributed by atoms with Gasteiger partial charge in [-0.25, -0.2) is 4.79 Å². The van der Waals surface area contributed by atoms with E-state index in [-0.39, 0.29) is 6.04 Å². The molecule has 0 radical (unpaired) electrons. The van der Waals surface area contributed by atoms with Crippen LogP contribution < -0.4 is 10.1 Å². The van der Waals surface area contributed by atoms with Crippen LogP contribution in [0.3, 0.4) is 0 Å². The maximum absolute atomic E-state index is 12.1. The normalized spacial score (nSPS) is 15.2. The van der Waals surface area contributed by atoms with Crippen molar-refractivity contribution in [3.05, 3.63) is 48.3 Å². The number of hydrogen-bond donors (Lipinski definition) is 1. The predicted molar refractivity (Wildman–Crippen MR) is 95.7 cm³/mol. The molecule has 1 aromatic heterocycles. The maximum Gasteiger partial charge on any atom is 0.412 e. The van der Waals surface area contributed by atoms with Gasteiger partial charge in [-0.3, -0.25) is 9.78 Å². The number of pyridine rings is 1. The minimum absolute atomic E-state index is 0.201. The largest absolute Gasteiger partial charge is 0.412 e. The molecule has 0 unspecified atom stereocenters. The number of aldehydes is 1. The molecule has 25 heavy (non-hydrogen) atoms. The zero-order chi connectivity index (χ0) is 17.5. The second-order valence-corrected chi connectivity index (χ2v) is 6.37. The molecule has 0 aliphatic heterocycles. The zero-order valence-electron chi connectivity index (χ0n) is 14.1. The van der Waals surface area contributed by atoms with Crippen molar-refractivity contribution in [1.29, 1.82) is 0 Å². The van der Waals surface area contributed by atoms with Crippen LogP contribution in [0.25, 0.3) is 11.1 Å². The molecule has 1 aromatic carbocycles. The highest BCUT2D eigenvalue weighted by molar-refractivity contribution is 5.78. The second-order valence-electron chi connectivity index (χ2n) is 6.37. The topological polar surface area (TPSA) is 68.3 Å². The van der Waals surface area contributed by atoms with Crippen LogP contribution in [0.15, 0.2) is 42.7 Å². The molecule has 0 spiro atoms. The number of carbonyl (C=O) groups excluding carboxylic acids is 2. The maximum atomic E-state index is 12.1. The first-order valence-electron chi connectivity index (χ1n) is 8.73. The molecule has 130 valence electrons. The Morgan fingerprint density at radius 3 is 2.64 bits per heavy atom. The molecule has 1 N–H and O–H groups in total. The first kappa shape index (κ1) is 17.1. The van der Waals surface area contributed by atoms with Crippen molar-refractivity contribution in [1.82, 2.24) is 10.3 Å². The van der Waals surface area contributed by atoms with Crippen LogP contribution in [-0.4, -0.2) is 23.4 Å². The van der Waals surface area contributed by atoms with Crippen molar-refractivity contribution in [3.63, 3.8) is 0 Å². The molecule has 5 nitrogen and oxygen atoms in total. The molecule has 3 rings (SSSR count). The van der Waals surface area contributed by atoms with Gasteiger partial charge in [0.05, 0.1) is 0 Å². The molecule has 1 aliphatic carbocycles. The van der Waals surface area contributed by atoms with Crippen LogP contribution >= 0.6 is 0 Å². The van der Waals surface area contributed by atoms with Crippen LogP contribution in [0, 0.1) is 0 Å². The van der Waals surface area contributed by atoms with Crippen molar-refractivity contribution in [2.45, 2.75) is 44.6 Å². The summed E-state index contributed by atoms with van der Waals surface area (Å²) in [5.74, 6) is 0.472. The lowest BCUT2D eigenvalue weighted by Gasteiger charge is -2.16. The van der Waals surface area contributed by atoms with Gasteiger partial charge >= 0.3 is 6.09 Å². The molecule has 0 saturated heterocycles. The van der Waals surface area contributed by atoms with E-state index < -0.39 is 6.09 Å². The molecule has 0 bridgehead atoms. The van der Waals surface area contributed by atoms with E-state index in [0.717, 1.165) is 43.1 Å². The molecule has 1 fully saturated rings. The van der Waals surface area contributed by atoms with Crippen molar-refractivity contribution < 1.29 is 14.3 Å². The van der Waals surface area contributed by atoms with Gasteiger partial charge in [-0.05, 0) is 36.6 Å². The minimum atomic E-state index is -0.413. The van der Waals surface area contributed by atoms with Gasteiger partial charge in [0.25, 0.3) is 0 Å².